The fraction of sp³-hybridized carbons (Fsp3) is 0. The van der Waals surface area contributed by atoms with Crippen molar-refractivity contribution in [2.45, 2.75) is 0 Å². The van der Waals surface area contributed by atoms with Crippen LogP contribution < -0.4 is 0 Å². The topological polar surface area (TPSA) is 51.5 Å². The number of benzene rings is 1. The molecule has 5 heteroatoms. The second kappa shape index (κ2) is 5.05. The minimum absolute atomic E-state index is 0.184. The lowest BCUT2D eigenvalue weighted by molar-refractivity contribution is -0.129. The molecule has 0 radical (unpaired) electrons. The van der Waals surface area contributed by atoms with Gasteiger partial charge in [0.05, 0.1) is 0 Å². The monoisotopic (exact) mass is 268 g/mol. The maximum absolute atomic E-state index is 12.8. The van der Waals surface area contributed by atoms with Crippen molar-refractivity contribution in [3.05, 3.63) is 71.4 Å². The molecule has 1 aliphatic rings. The molecule has 0 unspecified atom stereocenters. The van der Waals surface area contributed by atoms with E-state index < -0.39 is 5.97 Å². The molecule has 0 bridgehead atoms. The van der Waals surface area contributed by atoms with Gasteiger partial charge in [0.2, 0.25) is 5.90 Å². The second-order valence-electron chi connectivity index (χ2n) is 4.12. The molecule has 0 saturated carbocycles. The number of rotatable bonds is 2. The van der Waals surface area contributed by atoms with Gasteiger partial charge in [0.1, 0.15) is 5.82 Å². The Balaban J connectivity index is 1.92. The summed E-state index contributed by atoms with van der Waals surface area (Å²) in [5.41, 5.74) is 1.54. The van der Waals surface area contributed by atoms with Gasteiger partial charge in [-0.05, 0) is 35.9 Å². The minimum atomic E-state index is -0.527. The molecule has 2 heterocycles. The zero-order valence-corrected chi connectivity index (χ0v) is 10.3. The van der Waals surface area contributed by atoms with Gasteiger partial charge in [0.25, 0.3) is 0 Å². The zero-order valence-electron chi connectivity index (χ0n) is 10.3. The molecular weight excluding hydrogens is 259 g/mol. The second-order valence-corrected chi connectivity index (χ2v) is 4.12. The molecule has 98 valence electrons. The van der Waals surface area contributed by atoms with Crippen LogP contribution in [0.3, 0.4) is 0 Å². The van der Waals surface area contributed by atoms with E-state index in [0.29, 0.717) is 11.1 Å². The van der Waals surface area contributed by atoms with Crippen molar-refractivity contribution in [3.8, 4) is 0 Å². The predicted octanol–water partition coefficient (Wildman–Crippen LogP) is 2.57. The molecule has 0 spiro atoms. The number of aromatic nitrogens is 1. The Labute approximate surface area is 114 Å². The zero-order chi connectivity index (χ0) is 13.9. The van der Waals surface area contributed by atoms with Gasteiger partial charge in [0, 0.05) is 18.0 Å². The summed E-state index contributed by atoms with van der Waals surface area (Å²) in [6.07, 6.45) is 4.73. The highest BCUT2D eigenvalue weighted by Crippen LogP contribution is 2.18. The highest BCUT2D eigenvalue weighted by atomic mass is 19.1. The quantitative estimate of drug-likeness (QED) is 0.621. The van der Waals surface area contributed by atoms with Crippen molar-refractivity contribution in [1.29, 1.82) is 0 Å². The number of pyridine rings is 1. The van der Waals surface area contributed by atoms with Gasteiger partial charge in [-0.1, -0.05) is 12.1 Å². The summed E-state index contributed by atoms with van der Waals surface area (Å²) in [7, 11) is 0. The van der Waals surface area contributed by atoms with Crippen molar-refractivity contribution in [2.24, 2.45) is 4.99 Å². The van der Waals surface area contributed by atoms with Gasteiger partial charge in [-0.3, -0.25) is 4.98 Å². The highest BCUT2D eigenvalue weighted by molar-refractivity contribution is 6.12. The minimum Gasteiger partial charge on any atom is -0.402 e. The van der Waals surface area contributed by atoms with E-state index in [1.165, 1.54) is 12.1 Å². The van der Waals surface area contributed by atoms with Gasteiger partial charge in [-0.25, -0.2) is 14.2 Å². The summed E-state index contributed by atoms with van der Waals surface area (Å²) < 4.78 is 17.9. The average molecular weight is 268 g/mol. The van der Waals surface area contributed by atoms with Crippen LogP contribution in [0.15, 0.2) is 59.5 Å². The first-order valence-corrected chi connectivity index (χ1v) is 5.91. The van der Waals surface area contributed by atoms with Crippen LogP contribution in [0.25, 0.3) is 6.08 Å². The van der Waals surface area contributed by atoms with E-state index in [4.69, 9.17) is 4.74 Å². The summed E-state index contributed by atoms with van der Waals surface area (Å²) in [6.45, 7) is 0. The molecule has 1 aromatic carbocycles. The Kier molecular flexibility index (Phi) is 3.09. The van der Waals surface area contributed by atoms with Crippen LogP contribution in [0.4, 0.5) is 4.39 Å². The molecular formula is C15H9FN2O2. The van der Waals surface area contributed by atoms with Crippen molar-refractivity contribution < 1.29 is 13.9 Å². The standard InChI is InChI=1S/C15H9FN2O2/c16-12-3-1-10(2-4-12)9-13-15(19)20-14(18-13)11-5-7-17-8-6-11/h1-9H/b13-9+. The van der Waals surface area contributed by atoms with Crippen molar-refractivity contribution in [1.82, 2.24) is 4.98 Å². The maximum atomic E-state index is 12.8. The van der Waals surface area contributed by atoms with Crippen molar-refractivity contribution >= 4 is 17.9 Å². The van der Waals surface area contributed by atoms with E-state index in [1.54, 1.807) is 42.7 Å². The lowest BCUT2D eigenvalue weighted by atomic mass is 10.2. The number of ether oxygens (including phenoxy) is 1. The summed E-state index contributed by atoms with van der Waals surface area (Å²) in [4.78, 5) is 19.8. The molecule has 1 aliphatic heterocycles. The molecule has 4 nitrogen and oxygen atoms in total. The maximum Gasteiger partial charge on any atom is 0.363 e. The van der Waals surface area contributed by atoms with Crippen LogP contribution in [0, 0.1) is 5.82 Å². The Morgan fingerprint density at radius 1 is 1.05 bits per heavy atom. The molecule has 0 fully saturated rings. The summed E-state index contributed by atoms with van der Waals surface area (Å²) in [5.74, 6) is -0.617. The normalized spacial score (nSPS) is 16.1. The Hall–Kier alpha value is -2.82. The van der Waals surface area contributed by atoms with E-state index in [9.17, 15) is 9.18 Å². The van der Waals surface area contributed by atoms with E-state index in [2.05, 4.69) is 9.98 Å². The highest BCUT2D eigenvalue weighted by Gasteiger charge is 2.23. The lowest BCUT2D eigenvalue weighted by Gasteiger charge is -1.96. The Morgan fingerprint density at radius 2 is 1.75 bits per heavy atom. The number of hydrogen-bond acceptors (Lipinski definition) is 4. The van der Waals surface area contributed by atoms with Crippen LogP contribution >= 0.6 is 0 Å². The first kappa shape index (κ1) is 12.2. The fourth-order valence-corrected chi connectivity index (χ4v) is 1.74. The fourth-order valence-electron chi connectivity index (χ4n) is 1.74. The number of esters is 1. The molecule has 2 aromatic rings. The molecule has 3 rings (SSSR count). The Morgan fingerprint density at radius 3 is 2.45 bits per heavy atom. The third kappa shape index (κ3) is 2.47. The molecule has 20 heavy (non-hydrogen) atoms. The molecule has 0 amide bonds. The largest absolute Gasteiger partial charge is 0.402 e. The molecule has 0 saturated heterocycles. The van der Waals surface area contributed by atoms with E-state index in [1.807, 2.05) is 0 Å². The van der Waals surface area contributed by atoms with Crippen LogP contribution in [0.2, 0.25) is 0 Å². The van der Waals surface area contributed by atoms with E-state index in [0.717, 1.165) is 0 Å². The van der Waals surface area contributed by atoms with Crippen molar-refractivity contribution in [2.75, 3.05) is 0 Å². The summed E-state index contributed by atoms with van der Waals surface area (Å²) in [5, 5.41) is 0. The lowest BCUT2D eigenvalue weighted by Crippen LogP contribution is -2.05. The van der Waals surface area contributed by atoms with Crippen LogP contribution in [-0.4, -0.2) is 16.9 Å². The van der Waals surface area contributed by atoms with E-state index in [-0.39, 0.29) is 17.4 Å². The van der Waals surface area contributed by atoms with Gasteiger partial charge in [-0.2, -0.15) is 0 Å². The van der Waals surface area contributed by atoms with Gasteiger partial charge in [-0.15, -0.1) is 0 Å². The number of carbonyl (C=O) groups excluding carboxylic acids is 1. The first-order valence-electron chi connectivity index (χ1n) is 5.91. The number of nitrogens with zero attached hydrogens (tertiary/aromatic N) is 2. The molecule has 0 atom stereocenters. The number of halogens is 1. The third-order valence-corrected chi connectivity index (χ3v) is 2.72. The smallest absolute Gasteiger partial charge is 0.363 e. The predicted molar refractivity (Wildman–Crippen MR) is 71.2 cm³/mol. The molecule has 0 aliphatic carbocycles. The van der Waals surface area contributed by atoms with Crippen LogP contribution in [0.1, 0.15) is 11.1 Å². The van der Waals surface area contributed by atoms with Gasteiger partial charge >= 0.3 is 5.97 Å². The number of carbonyl (C=O) groups is 1. The first-order chi connectivity index (χ1) is 9.72. The third-order valence-electron chi connectivity index (χ3n) is 2.72. The van der Waals surface area contributed by atoms with E-state index >= 15 is 0 Å². The van der Waals surface area contributed by atoms with Crippen molar-refractivity contribution in [3.63, 3.8) is 0 Å². The summed E-state index contributed by atoms with van der Waals surface area (Å²) in [6, 6.07) is 9.17. The van der Waals surface area contributed by atoms with Gasteiger partial charge in [0.15, 0.2) is 5.70 Å². The molecule has 0 N–H and O–H groups in total. The van der Waals surface area contributed by atoms with Gasteiger partial charge < -0.3 is 4.74 Å². The Bertz CT molecular complexity index is 706. The average Bonchev–Trinajstić information content (AvgIpc) is 2.84. The van der Waals surface area contributed by atoms with Crippen LogP contribution in [-0.2, 0) is 9.53 Å². The SMILES string of the molecule is O=C1OC(c2ccncc2)=N/C1=C/c1ccc(F)cc1. The summed E-state index contributed by atoms with van der Waals surface area (Å²) >= 11 is 0. The number of hydrogen-bond donors (Lipinski definition) is 0. The molecule has 1 aromatic heterocycles. The van der Waals surface area contributed by atoms with Crippen LogP contribution in [0.5, 0.6) is 0 Å². The number of cyclic esters (lactones) is 1. The number of aliphatic imine (C=N–C) groups is 1.